The summed E-state index contributed by atoms with van der Waals surface area (Å²) in [5, 5.41) is 0. The molecule has 2 rings (SSSR count). The van der Waals surface area contributed by atoms with Crippen molar-refractivity contribution in [3.8, 4) is 0 Å². The van der Waals surface area contributed by atoms with Crippen molar-refractivity contribution in [3.63, 3.8) is 0 Å². The van der Waals surface area contributed by atoms with Crippen molar-refractivity contribution in [3.05, 3.63) is 65.5 Å². The molecule has 0 saturated heterocycles. The molecule has 0 amide bonds. The SMILES string of the molecule is CCCCCCCCCCCCc1ccc(C[n+]2ccc(C)cc2)cc1. The number of nitrogens with zero attached hydrogens (tertiary/aromatic N) is 1. The predicted molar refractivity (Wildman–Crippen MR) is 112 cm³/mol. The Bertz CT molecular complexity index is 583. The molecule has 0 radical (unpaired) electrons. The van der Waals surface area contributed by atoms with Crippen molar-refractivity contribution in [2.45, 2.75) is 91.0 Å². The summed E-state index contributed by atoms with van der Waals surface area (Å²) >= 11 is 0. The lowest BCUT2D eigenvalue weighted by Crippen LogP contribution is -2.33. The van der Waals surface area contributed by atoms with Crippen LogP contribution in [-0.4, -0.2) is 0 Å². The molecule has 0 spiro atoms. The van der Waals surface area contributed by atoms with Crippen LogP contribution in [0.15, 0.2) is 48.8 Å². The molecule has 0 N–H and O–H groups in total. The van der Waals surface area contributed by atoms with Gasteiger partial charge in [-0.1, -0.05) is 89.0 Å². The van der Waals surface area contributed by atoms with Crippen molar-refractivity contribution in [1.29, 1.82) is 0 Å². The van der Waals surface area contributed by atoms with E-state index in [2.05, 4.69) is 67.2 Å². The second kappa shape index (κ2) is 12.7. The Morgan fingerprint density at radius 3 is 1.69 bits per heavy atom. The molecule has 0 saturated carbocycles. The molecule has 2 aromatic rings. The zero-order valence-corrected chi connectivity index (χ0v) is 17.1. The quantitative estimate of drug-likeness (QED) is 0.276. The molecular weight excluding hydrogens is 314 g/mol. The van der Waals surface area contributed by atoms with Crippen LogP contribution in [-0.2, 0) is 13.0 Å². The van der Waals surface area contributed by atoms with Crippen LogP contribution >= 0.6 is 0 Å². The Kier molecular flexibility index (Phi) is 10.1. The summed E-state index contributed by atoms with van der Waals surface area (Å²) < 4.78 is 2.24. The van der Waals surface area contributed by atoms with E-state index in [-0.39, 0.29) is 0 Å². The Morgan fingerprint density at radius 2 is 1.12 bits per heavy atom. The second-order valence-electron chi connectivity index (χ2n) is 7.80. The molecule has 1 heteroatoms. The Labute approximate surface area is 161 Å². The van der Waals surface area contributed by atoms with Gasteiger partial charge in [0, 0.05) is 17.7 Å². The molecule has 0 bridgehead atoms. The maximum atomic E-state index is 2.32. The Balaban J connectivity index is 1.55. The lowest BCUT2D eigenvalue weighted by Gasteiger charge is -2.04. The summed E-state index contributed by atoms with van der Waals surface area (Å²) in [6.07, 6.45) is 19.7. The minimum atomic E-state index is 0.957. The first-order chi connectivity index (χ1) is 12.8. The average Bonchev–Trinajstić information content (AvgIpc) is 2.66. The van der Waals surface area contributed by atoms with Gasteiger partial charge in [0.25, 0.3) is 0 Å². The van der Waals surface area contributed by atoms with Crippen LogP contribution in [0.4, 0.5) is 0 Å². The van der Waals surface area contributed by atoms with Crippen molar-refractivity contribution >= 4 is 0 Å². The first-order valence-electron chi connectivity index (χ1n) is 10.8. The standard InChI is InChI=1S/C25H38N/c1-3-4-5-6-7-8-9-10-11-12-13-24-14-16-25(17-15-24)22-26-20-18-23(2)19-21-26/h14-21H,3-13,22H2,1-2H3/q+1. The molecular formula is C25H38N+. The van der Waals surface area contributed by atoms with Gasteiger partial charge >= 0.3 is 0 Å². The van der Waals surface area contributed by atoms with Crippen molar-refractivity contribution in [2.75, 3.05) is 0 Å². The van der Waals surface area contributed by atoms with E-state index in [1.807, 2.05) is 0 Å². The summed E-state index contributed by atoms with van der Waals surface area (Å²) in [6, 6.07) is 13.5. The van der Waals surface area contributed by atoms with Gasteiger partial charge < -0.3 is 0 Å². The smallest absolute Gasteiger partial charge is 0.173 e. The zero-order chi connectivity index (χ0) is 18.5. The van der Waals surface area contributed by atoms with Crippen LogP contribution in [0.1, 0.15) is 87.8 Å². The monoisotopic (exact) mass is 352 g/mol. The third-order valence-corrected chi connectivity index (χ3v) is 5.26. The minimum Gasteiger partial charge on any atom is -0.201 e. The molecule has 0 unspecified atom stereocenters. The maximum Gasteiger partial charge on any atom is 0.173 e. The fraction of sp³-hybridized carbons (Fsp3) is 0.560. The van der Waals surface area contributed by atoms with Crippen molar-refractivity contribution in [1.82, 2.24) is 0 Å². The lowest BCUT2D eigenvalue weighted by molar-refractivity contribution is -0.688. The fourth-order valence-electron chi connectivity index (χ4n) is 3.48. The van der Waals surface area contributed by atoms with Crippen LogP contribution in [0.25, 0.3) is 0 Å². The summed E-state index contributed by atoms with van der Waals surface area (Å²) in [5.41, 5.74) is 4.18. The molecule has 26 heavy (non-hydrogen) atoms. The van der Waals surface area contributed by atoms with E-state index in [0.29, 0.717) is 0 Å². The third kappa shape index (κ3) is 8.65. The van der Waals surface area contributed by atoms with Crippen LogP contribution in [0.5, 0.6) is 0 Å². The van der Waals surface area contributed by atoms with E-state index < -0.39 is 0 Å². The molecule has 0 aliphatic carbocycles. The molecule has 142 valence electrons. The average molecular weight is 353 g/mol. The Hall–Kier alpha value is -1.63. The topological polar surface area (TPSA) is 3.88 Å². The predicted octanol–water partition coefficient (Wildman–Crippen LogP) is 6.79. The Morgan fingerprint density at radius 1 is 0.615 bits per heavy atom. The van der Waals surface area contributed by atoms with Crippen molar-refractivity contribution < 1.29 is 4.57 Å². The van der Waals surface area contributed by atoms with Gasteiger partial charge in [-0.15, -0.1) is 0 Å². The van der Waals surface area contributed by atoms with Gasteiger partial charge in [0.2, 0.25) is 0 Å². The molecule has 1 heterocycles. The van der Waals surface area contributed by atoms with Crippen LogP contribution in [0, 0.1) is 6.92 Å². The summed E-state index contributed by atoms with van der Waals surface area (Å²) in [5.74, 6) is 0. The number of unbranched alkanes of at least 4 members (excludes halogenated alkanes) is 9. The van der Waals surface area contributed by atoms with Gasteiger partial charge in [-0.05, 0) is 30.9 Å². The van der Waals surface area contributed by atoms with Gasteiger partial charge in [-0.3, -0.25) is 0 Å². The number of pyridine rings is 1. The highest BCUT2D eigenvalue weighted by molar-refractivity contribution is 5.22. The van der Waals surface area contributed by atoms with Gasteiger partial charge in [0.05, 0.1) is 0 Å². The van der Waals surface area contributed by atoms with Crippen molar-refractivity contribution in [2.24, 2.45) is 0 Å². The summed E-state index contributed by atoms with van der Waals surface area (Å²) in [7, 11) is 0. The number of hydrogen-bond acceptors (Lipinski definition) is 0. The van der Waals surface area contributed by atoms with E-state index in [4.69, 9.17) is 0 Å². The normalized spacial score (nSPS) is 11.0. The number of benzene rings is 1. The summed E-state index contributed by atoms with van der Waals surface area (Å²) in [4.78, 5) is 0. The maximum absolute atomic E-state index is 2.32. The zero-order valence-electron chi connectivity index (χ0n) is 17.1. The number of hydrogen-bond donors (Lipinski definition) is 0. The molecule has 0 atom stereocenters. The number of aryl methyl sites for hydroxylation is 2. The molecule has 0 aliphatic rings. The van der Waals surface area contributed by atoms with Crippen LogP contribution in [0.2, 0.25) is 0 Å². The molecule has 1 aromatic carbocycles. The van der Waals surface area contributed by atoms with E-state index >= 15 is 0 Å². The van der Waals surface area contributed by atoms with Gasteiger partial charge in [-0.25, -0.2) is 4.57 Å². The lowest BCUT2D eigenvalue weighted by atomic mass is 10.0. The first-order valence-corrected chi connectivity index (χ1v) is 10.8. The highest BCUT2D eigenvalue weighted by atomic mass is 14.9. The fourth-order valence-corrected chi connectivity index (χ4v) is 3.48. The highest BCUT2D eigenvalue weighted by Gasteiger charge is 2.02. The van der Waals surface area contributed by atoms with Gasteiger partial charge in [0.1, 0.15) is 0 Å². The molecule has 0 aliphatic heterocycles. The highest BCUT2D eigenvalue weighted by Crippen LogP contribution is 2.13. The number of rotatable bonds is 13. The first kappa shape index (κ1) is 20.7. The van der Waals surface area contributed by atoms with Gasteiger partial charge in [0.15, 0.2) is 18.9 Å². The second-order valence-corrected chi connectivity index (χ2v) is 7.80. The largest absolute Gasteiger partial charge is 0.201 e. The molecule has 0 fully saturated rings. The molecule has 1 aromatic heterocycles. The van der Waals surface area contributed by atoms with E-state index in [1.54, 1.807) is 0 Å². The van der Waals surface area contributed by atoms with E-state index in [1.165, 1.54) is 87.3 Å². The minimum absolute atomic E-state index is 0.957. The number of aromatic nitrogens is 1. The molecule has 1 nitrogen and oxygen atoms in total. The van der Waals surface area contributed by atoms with Crippen LogP contribution in [0.3, 0.4) is 0 Å². The summed E-state index contributed by atoms with van der Waals surface area (Å²) in [6.45, 7) is 5.38. The van der Waals surface area contributed by atoms with E-state index in [9.17, 15) is 0 Å². The van der Waals surface area contributed by atoms with Crippen LogP contribution < -0.4 is 4.57 Å². The third-order valence-electron chi connectivity index (χ3n) is 5.26. The van der Waals surface area contributed by atoms with Gasteiger partial charge in [-0.2, -0.15) is 0 Å². The van der Waals surface area contributed by atoms with E-state index in [0.717, 1.165) is 6.54 Å².